The number of rotatable bonds is 5. The Hall–Kier alpha value is -2.87. The van der Waals surface area contributed by atoms with Gasteiger partial charge in [-0.05, 0) is 49.1 Å². The fourth-order valence-electron chi connectivity index (χ4n) is 4.36. The van der Waals surface area contributed by atoms with E-state index in [1.165, 1.54) is 16.8 Å². The van der Waals surface area contributed by atoms with E-state index >= 15 is 0 Å². The minimum absolute atomic E-state index is 0.0220. The number of piperazine rings is 1. The van der Waals surface area contributed by atoms with Crippen LogP contribution in [0.25, 0.3) is 0 Å². The lowest BCUT2D eigenvalue weighted by Gasteiger charge is -2.37. The lowest BCUT2D eigenvalue weighted by Crippen LogP contribution is -2.49. The fourth-order valence-corrected chi connectivity index (χ4v) is 5.52. The maximum Gasteiger partial charge on any atom is 0.286 e. The molecule has 1 amide bonds. The molecule has 1 N–H and O–H groups in total. The molecule has 0 aromatic heterocycles. The van der Waals surface area contributed by atoms with E-state index in [2.05, 4.69) is 46.7 Å². The van der Waals surface area contributed by atoms with Gasteiger partial charge in [-0.2, -0.15) is 8.42 Å². The molecular weight excluding hydrogens is 424 g/mol. The monoisotopic (exact) mass is 454 g/mol. The normalized spacial score (nSPS) is 18.4. The molecule has 8 heteroatoms. The number of para-hydroxylation sites is 1. The zero-order chi connectivity index (χ0) is 22.9. The second-order valence-corrected chi connectivity index (χ2v) is 10.3. The second-order valence-electron chi connectivity index (χ2n) is 8.73. The minimum atomic E-state index is -3.70. The highest BCUT2D eigenvalue weighted by molar-refractivity contribution is 7.90. The first kappa shape index (κ1) is 22.3. The van der Waals surface area contributed by atoms with Gasteiger partial charge < -0.3 is 15.1 Å². The molecule has 0 spiro atoms. The molecule has 1 saturated heterocycles. The van der Waals surface area contributed by atoms with Crippen LogP contribution in [0.5, 0.6) is 0 Å². The molecular formula is C24H30N4O3S. The summed E-state index contributed by atoms with van der Waals surface area (Å²) in [5.41, 5.74) is 4.35. The summed E-state index contributed by atoms with van der Waals surface area (Å²) in [6.45, 7) is 9.24. The number of sulfonamides is 1. The Balaban J connectivity index is 1.32. The molecule has 0 radical (unpaired) electrons. The highest BCUT2D eigenvalue weighted by Gasteiger charge is 2.27. The third-order valence-electron chi connectivity index (χ3n) is 6.29. The first-order valence-electron chi connectivity index (χ1n) is 11.0. The van der Waals surface area contributed by atoms with Gasteiger partial charge in [-0.1, -0.05) is 31.2 Å². The number of fused-ring (bicyclic) bond motifs is 1. The summed E-state index contributed by atoms with van der Waals surface area (Å²) >= 11 is 0. The molecule has 2 heterocycles. The van der Waals surface area contributed by atoms with E-state index in [9.17, 15) is 13.2 Å². The largest absolute Gasteiger partial charge is 0.368 e. The number of nitrogens with one attached hydrogen (secondary N) is 1. The van der Waals surface area contributed by atoms with E-state index in [-0.39, 0.29) is 16.7 Å². The third-order valence-corrected chi connectivity index (χ3v) is 7.66. The van der Waals surface area contributed by atoms with Gasteiger partial charge in [0.25, 0.3) is 10.0 Å². The van der Waals surface area contributed by atoms with Crippen LogP contribution < -0.4 is 10.2 Å². The lowest BCUT2D eigenvalue weighted by molar-refractivity contribution is -0.132. The van der Waals surface area contributed by atoms with Crippen molar-refractivity contribution in [3.8, 4) is 0 Å². The van der Waals surface area contributed by atoms with Crippen LogP contribution in [0.3, 0.4) is 0 Å². The van der Waals surface area contributed by atoms with Gasteiger partial charge in [0.15, 0.2) is 0 Å². The molecule has 2 aromatic rings. The first-order valence-corrected chi connectivity index (χ1v) is 12.5. The lowest BCUT2D eigenvalue weighted by atomic mass is 10.0. The summed E-state index contributed by atoms with van der Waals surface area (Å²) in [6.07, 6.45) is 0.771. The van der Waals surface area contributed by atoms with Crippen molar-refractivity contribution in [1.82, 2.24) is 4.90 Å². The second kappa shape index (κ2) is 8.94. The Morgan fingerprint density at radius 2 is 1.78 bits per heavy atom. The van der Waals surface area contributed by atoms with E-state index < -0.39 is 10.0 Å². The van der Waals surface area contributed by atoms with Crippen molar-refractivity contribution in [3.63, 3.8) is 0 Å². The van der Waals surface area contributed by atoms with Gasteiger partial charge in [0.2, 0.25) is 5.91 Å². The maximum absolute atomic E-state index is 12.9. The van der Waals surface area contributed by atoms with Crippen LogP contribution >= 0.6 is 0 Å². The topological polar surface area (TPSA) is 82.1 Å². The Labute approximate surface area is 190 Å². The number of carbonyl (C=O) groups excluding carboxylic acids is 1. The Morgan fingerprint density at radius 3 is 2.53 bits per heavy atom. The van der Waals surface area contributed by atoms with Crippen molar-refractivity contribution in [2.45, 2.75) is 38.5 Å². The van der Waals surface area contributed by atoms with Crippen molar-refractivity contribution in [3.05, 3.63) is 53.6 Å². The Kier molecular flexibility index (Phi) is 6.24. The molecule has 2 aliphatic heterocycles. The Morgan fingerprint density at radius 1 is 1.06 bits per heavy atom. The highest BCUT2D eigenvalue weighted by atomic mass is 32.2. The van der Waals surface area contributed by atoms with Crippen LogP contribution in [0.1, 0.15) is 30.9 Å². The third kappa shape index (κ3) is 4.65. The van der Waals surface area contributed by atoms with Crippen molar-refractivity contribution in [1.29, 1.82) is 0 Å². The summed E-state index contributed by atoms with van der Waals surface area (Å²) in [5.74, 6) is 0.479. The standard InChI is InChI=1S/C24H30N4O3S/c1-17(15-23-25-20-8-4-5-10-22(20)32(30,31)26-23)16-24(29)28-13-11-27(12-14-28)21-9-6-7-18(2)19(21)3/h4-10,17H,11-16H2,1-3H3,(H,25,26). The predicted octanol–water partition coefficient (Wildman–Crippen LogP) is 3.58. The minimum Gasteiger partial charge on any atom is -0.368 e. The number of nitrogens with zero attached hydrogens (tertiary/aromatic N) is 3. The van der Waals surface area contributed by atoms with Gasteiger partial charge in [-0.15, -0.1) is 4.40 Å². The summed E-state index contributed by atoms with van der Waals surface area (Å²) in [6, 6.07) is 13.1. The number of hydrogen-bond acceptors (Lipinski definition) is 5. The van der Waals surface area contributed by atoms with Crippen molar-refractivity contribution < 1.29 is 13.2 Å². The molecule has 0 bridgehead atoms. The van der Waals surface area contributed by atoms with E-state index in [4.69, 9.17) is 0 Å². The molecule has 170 valence electrons. The fraction of sp³-hybridized carbons (Fsp3) is 0.417. The molecule has 7 nitrogen and oxygen atoms in total. The average molecular weight is 455 g/mol. The van der Waals surface area contributed by atoms with E-state index in [1.54, 1.807) is 24.3 Å². The average Bonchev–Trinajstić information content (AvgIpc) is 2.75. The Bertz CT molecular complexity index is 1150. The molecule has 2 aromatic carbocycles. The summed E-state index contributed by atoms with van der Waals surface area (Å²) in [7, 11) is -3.70. The highest BCUT2D eigenvalue weighted by Crippen LogP contribution is 2.28. The molecule has 1 atom stereocenters. The van der Waals surface area contributed by atoms with E-state index in [1.807, 2.05) is 11.8 Å². The van der Waals surface area contributed by atoms with E-state index in [0.717, 1.165) is 13.1 Å². The number of amides is 1. The zero-order valence-corrected chi connectivity index (χ0v) is 19.7. The molecule has 1 fully saturated rings. The van der Waals surface area contributed by atoms with Crippen LogP contribution in [0, 0.1) is 19.8 Å². The first-order chi connectivity index (χ1) is 15.2. The van der Waals surface area contributed by atoms with Crippen LogP contribution in [0.15, 0.2) is 51.8 Å². The van der Waals surface area contributed by atoms with Gasteiger partial charge in [0.05, 0.1) is 5.69 Å². The van der Waals surface area contributed by atoms with Gasteiger partial charge in [0, 0.05) is 44.7 Å². The smallest absolute Gasteiger partial charge is 0.286 e. The summed E-state index contributed by atoms with van der Waals surface area (Å²) in [4.78, 5) is 17.3. The van der Waals surface area contributed by atoms with Crippen LogP contribution in [0.2, 0.25) is 0 Å². The number of carbonyl (C=O) groups is 1. The number of amidine groups is 1. The SMILES string of the molecule is Cc1cccc(N2CCN(C(=O)CC(C)CC3=NS(=O)(=O)c4ccccc4N3)CC2)c1C. The van der Waals surface area contributed by atoms with Crippen molar-refractivity contribution in [2.75, 3.05) is 36.4 Å². The van der Waals surface area contributed by atoms with Gasteiger partial charge >= 0.3 is 0 Å². The quantitative estimate of drug-likeness (QED) is 0.747. The number of benzene rings is 2. The number of anilines is 2. The van der Waals surface area contributed by atoms with Crippen LogP contribution in [0.4, 0.5) is 11.4 Å². The molecule has 32 heavy (non-hydrogen) atoms. The molecule has 1 unspecified atom stereocenters. The molecule has 0 saturated carbocycles. The summed E-state index contributed by atoms with van der Waals surface area (Å²) < 4.78 is 28.8. The van der Waals surface area contributed by atoms with Crippen molar-refractivity contribution in [2.24, 2.45) is 10.3 Å². The number of hydrogen-bond donors (Lipinski definition) is 1. The van der Waals surface area contributed by atoms with E-state index in [0.29, 0.717) is 37.5 Å². The zero-order valence-electron chi connectivity index (χ0n) is 18.8. The van der Waals surface area contributed by atoms with Gasteiger partial charge in [0.1, 0.15) is 10.7 Å². The number of aryl methyl sites for hydroxylation is 1. The van der Waals surface area contributed by atoms with Gasteiger partial charge in [-0.3, -0.25) is 4.79 Å². The summed E-state index contributed by atoms with van der Waals surface area (Å²) in [5, 5.41) is 3.11. The van der Waals surface area contributed by atoms with Gasteiger partial charge in [-0.25, -0.2) is 0 Å². The maximum atomic E-state index is 12.9. The molecule has 2 aliphatic rings. The predicted molar refractivity (Wildman–Crippen MR) is 128 cm³/mol. The molecule has 4 rings (SSSR count). The van der Waals surface area contributed by atoms with Crippen LogP contribution in [-0.2, 0) is 14.8 Å². The molecule has 0 aliphatic carbocycles. The van der Waals surface area contributed by atoms with Crippen molar-refractivity contribution >= 4 is 33.1 Å². The van der Waals surface area contributed by atoms with Crippen LogP contribution in [-0.4, -0.2) is 51.2 Å².